The smallest absolute Gasteiger partial charge is 0.257 e. The van der Waals surface area contributed by atoms with Crippen molar-refractivity contribution in [2.24, 2.45) is 0 Å². The fourth-order valence-electron chi connectivity index (χ4n) is 2.13. The van der Waals surface area contributed by atoms with E-state index >= 15 is 0 Å². The molecule has 0 radical (unpaired) electrons. The normalized spacial score (nSPS) is 11.5. The second-order valence-corrected chi connectivity index (χ2v) is 6.91. The molecule has 3 nitrogen and oxygen atoms in total. The van der Waals surface area contributed by atoms with Crippen LogP contribution in [0.5, 0.6) is 0 Å². The minimum absolute atomic E-state index is 0.0122. The fraction of sp³-hybridized carbons (Fsp3) is 0.368. The molecule has 1 heterocycles. The second kappa shape index (κ2) is 6.30. The van der Waals surface area contributed by atoms with Crippen molar-refractivity contribution < 1.29 is 4.79 Å². The number of aromatic nitrogens is 1. The molecule has 0 saturated carbocycles. The zero-order valence-electron chi connectivity index (χ0n) is 14.0. The first kappa shape index (κ1) is 16.2. The summed E-state index contributed by atoms with van der Waals surface area (Å²) in [7, 11) is 0. The van der Waals surface area contributed by atoms with Gasteiger partial charge in [-0.15, -0.1) is 0 Å². The lowest BCUT2D eigenvalue weighted by Crippen LogP contribution is -2.16. The van der Waals surface area contributed by atoms with Gasteiger partial charge in [-0.25, -0.2) is 0 Å². The van der Waals surface area contributed by atoms with E-state index in [4.69, 9.17) is 0 Å². The number of amides is 1. The van der Waals surface area contributed by atoms with E-state index in [2.05, 4.69) is 44.9 Å². The van der Waals surface area contributed by atoms with Crippen molar-refractivity contribution in [2.45, 2.75) is 46.0 Å². The molecule has 1 amide bonds. The molecule has 0 unspecified atom stereocenters. The monoisotopic (exact) mass is 296 g/mol. The van der Waals surface area contributed by atoms with E-state index in [0.717, 1.165) is 11.4 Å². The van der Waals surface area contributed by atoms with Gasteiger partial charge in [0.1, 0.15) is 0 Å². The average molecular weight is 296 g/mol. The predicted octanol–water partition coefficient (Wildman–Crippen LogP) is 4.75. The van der Waals surface area contributed by atoms with Crippen molar-refractivity contribution in [1.82, 2.24) is 4.98 Å². The van der Waals surface area contributed by atoms with Crippen LogP contribution in [-0.2, 0) is 5.41 Å². The number of hydrogen-bond acceptors (Lipinski definition) is 2. The number of benzene rings is 1. The molecular formula is C19H24N2O. The number of nitrogens with one attached hydrogen (secondary N) is 1. The lowest BCUT2D eigenvalue weighted by molar-refractivity contribution is 0.102. The molecule has 0 spiro atoms. The Bertz CT molecular complexity index is 635. The Morgan fingerprint density at radius 3 is 2.14 bits per heavy atom. The van der Waals surface area contributed by atoms with Crippen LogP contribution < -0.4 is 5.32 Å². The molecule has 0 fully saturated rings. The first-order valence-corrected chi connectivity index (χ1v) is 7.65. The van der Waals surface area contributed by atoms with Crippen LogP contribution in [-0.4, -0.2) is 10.9 Å². The molecule has 2 aromatic rings. The van der Waals surface area contributed by atoms with Crippen LogP contribution in [0.25, 0.3) is 0 Å². The quantitative estimate of drug-likeness (QED) is 0.887. The molecular weight excluding hydrogens is 272 g/mol. The van der Waals surface area contributed by atoms with Crippen LogP contribution in [0.4, 0.5) is 5.69 Å². The first-order valence-electron chi connectivity index (χ1n) is 7.65. The standard InChI is InChI=1S/C19H24N2O/c1-13(2)14-6-9-16(10-7-14)21-18(22)15-8-11-17(20-12-15)19(3,4)5/h6-13H,1-5H3,(H,21,22). The zero-order valence-corrected chi connectivity index (χ0v) is 14.0. The van der Waals surface area contributed by atoms with Crippen LogP contribution in [0, 0.1) is 0 Å². The van der Waals surface area contributed by atoms with Crippen molar-refractivity contribution in [2.75, 3.05) is 5.32 Å². The Kier molecular flexibility index (Phi) is 4.65. The van der Waals surface area contributed by atoms with Crippen LogP contribution in [0.1, 0.15) is 62.2 Å². The van der Waals surface area contributed by atoms with Crippen LogP contribution in [0.2, 0.25) is 0 Å². The Morgan fingerprint density at radius 1 is 1.05 bits per heavy atom. The first-order chi connectivity index (χ1) is 10.3. The third-order valence-electron chi connectivity index (χ3n) is 3.63. The molecule has 0 saturated heterocycles. The molecule has 1 aromatic carbocycles. The van der Waals surface area contributed by atoms with Crippen LogP contribution >= 0.6 is 0 Å². The highest BCUT2D eigenvalue weighted by molar-refractivity contribution is 6.04. The predicted molar refractivity (Wildman–Crippen MR) is 91.4 cm³/mol. The minimum Gasteiger partial charge on any atom is -0.322 e. The molecule has 1 aromatic heterocycles. The summed E-state index contributed by atoms with van der Waals surface area (Å²) in [4.78, 5) is 16.6. The minimum atomic E-state index is -0.134. The number of rotatable bonds is 3. The van der Waals surface area contributed by atoms with Gasteiger partial charge in [-0.1, -0.05) is 46.8 Å². The van der Waals surface area contributed by atoms with Crippen molar-refractivity contribution in [3.63, 3.8) is 0 Å². The lowest BCUT2D eigenvalue weighted by atomic mass is 9.91. The summed E-state index contributed by atoms with van der Waals surface area (Å²) in [6, 6.07) is 11.7. The molecule has 3 heteroatoms. The third-order valence-corrected chi connectivity index (χ3v) is 3.63. The Hall–Kier alpha value is -2.16. The SMILES string of the molecule is CC(C)c1ccc(NC(=O)c2ccc(C(C)(C)C)nc2)cc1. The summed E-state index contributed by atoms with van der Waals surface area (Å²) < 4.78 is 0. The van der Waals surface area contributed by atoms with Gasteiger partial charge in [-0.2, -0.15) is 0 Å². The Balaban J connectivity index is 2.09. The van der Waals surface area contributed by atoms with Gasteiger partial charge < -0.3 is 5.32 Å². The topological polar surface area (TPSA) is 42.0 Å². The van der Waals surface area contributed by atoms with E-state index in [9.17, 15) is 4.79 Å². The van der Waals surface area contributed by atoms with E-state index in [0.29, 0.717) is 11.5 Å². The number of pyridine rings is 1. The maximum Gasteiger partial charge on any atom is 0.257 e. The number of nitrogens with zero attached hydrogens (tertiary/aromatic N) is 1. The van der Waals surface area contributed by atoms with Crippen molar-refractivity contribution in [1.29, 1.82) is 0 Å². The Labute approximate surface area is 132 Å². The third kappa shape index (κ3) is 3.94. The molecule has 0 bridgehead atoms. The number of anilines is 1. The summed E-state index contributed by atoms with van der Waals surface area (Å²) in [6.07, 6.45) is 1.64. The molecule has 22 heavy (non-hydrogen) atoms. The molecule has 0 aliphatic carbocycles. The van der Waals surface area contributed by atoms with Crippen molar-refractivity contribution in [3.8, 4) is 0 Å². The van der Waals surface area contributed by atoms with Gasteiger partial charge in [0, 0.05) is 23.0 Å². The largest absolute Gasteiger partial charge is 0.322 e. The van der Waals surface area contributed by atoms with Gasteiger partial charge in [0.25, 0.3) is 5.91 Å². The highest BCUT2D eigenvalue weighted by atomic mass is 16.1. The molecule has 0 aliphatic heterocycles. The molecule has 116 valence electrons. The molecule has 2 rings (SSSR count). The summed E-state index contributed by atoms with van der Waals surface area (Å²) in [5.74, 6) is 0.351. The van der Waals surface area contributed by atoms with E-state index in [1.807, 2.05) is 36.4 Å². The highest BCUT2D eigenvalue weighted by Gasteiger charge is 2.16. The maximum absolute atomic E-state index is 12.2. The summed E-state index contributed by atoms with van der Waals surface area (Å²) in [5, 5.41) is 2.90. The number of hydrogen-bond donors (Lipinski definition) is 1. The van der Waals surface area contributed by atoms with E-state index in [-0.39, 0.29) is 11.3 Å². The number of carbonyl (C=O) groups excluding carboxylic acids is 1. The van der Waals surface area contributed by atoms with Gasteiger partial charge in [-0.05, 0) is 35.7 Å². The molecule has 0 aliphatic rings. The summed E-state index contributed by atoms with van der Waals surface area (Å²) >= 11 is 0. The zero-order chi connectivity index (χ0) is 16.3. The second-order valence-electron chi connectivity index (χ2n) is 6.91. The van der Waals surface area contributed by atoms with Crippen molar-refractivity contribution in [3.05, 3.63) is 59.4 Å². The van der Waals surface area contributed by atoms with Gasteiger partial charge >= 0.3 is 0 Å². The van der Waals surface area contributed by atoms with Gasteiger partial charge in [0.15, 0.2) is 0 Å². The molecule has 0 atom stereocenters. The summed E-state index contributed by atoms with van der Waals surface area (Å²) in [5.41, 5.74) is 3.59. The van der Waals surface area contributed by atoms with Gasteiger partial charge in [0.2, 0.25) is 0 Å². The van der Waals surface area contributed by atoms with Crippen molar-refractivity contribution >= 4 is 11.6 Å². The van der Waals surface area contributed by atoms with E-state index in [1.54, 1.807) is 6.20 Å². The van der Waals surface area contributed by atoms with Gasteiger partial charge in [0.05, 0.1) is 5.56 Å². The van der Waals surface area contributed by atoms with Crippen LogP contribution in [0.15, 0.2) is 42.6 Å². The Morgan fingerprint density at radius 2 is 1.68 bits per heavy atom. The lowest BCUT2D eigenvalue weighted by Gasteiger charge is -2.17. The molecule has 1 N–H and O–H groups in total. The summed E-state index contributed by atoms with van der Waals surface area (Å²) in [6.45, 7) is 10.6. The van der Waals surface area contributed by atoms with E-state index < -0.39 is 0 Å². The van der Waals surface area contributed by atoms with Gasteiger partial charge in [-0.3, -0.25) is 9.78 Å². The average Bonchev–Trinajstić information content (AvgIpc) is 2.47. The highest BCUT2D eigenvalue weighted by Crippen LogP contribution is 2.20. The fourth-order valence-corrected chi connectivity index (χ4v) is 2.13. The maximum atomic E-state index is 12.2. The van der Waals surface area contributed by atoms with E-state index in [1.165, 1.54) is 5.56 Å². The number of carbonyl (C=O) groups is 1. The van der Waals surface area contributed by atoms with Crippen LogP contribution in [0.3, 0.4) is 0 Å².